The summed E-state index contributed by atoms with van der Waals surface area (Å²) in [5.74, 6) is -5.63. The van der Waals surface area contributed by atoms with Crippen LogP contribution in [0.15, 0.2) is 0 Å². The smallest absolute Gasteiger partial charge is 0.231 e. The van der Waals surface area contributed by atoms with Crippen molar-refractivity contribution in [1.82, 2.24) is 0 Å². The van der Waals surface area contributed by atoms with Gasteiger partial charge in [0, 0.05) is 0 Å². The second-order valence-electron chi connectivity index (χ2n) is 2.45. The minimum Gasteiger partial charge on any atom is -0.231 e. The van der Waals surface area contributed by atoms with E-state index in [2.05, 4.69) is 11.6 Å². The Kier molecular flexibility index (Phi) is 3.13. The minimum atomic E-state index is -5.63. The molecule has 0 N–H and O–H groups in total. The molecule has 0 saturated heterocycles. The van der Waals surface area contributed by atoms with Crippen molar-refractivity contribution in [2.45, 2.75) is 30.3 Å². The maximum absolute atomic E-state index is 12.4. The van der Waals surface area contributed by atoms with E-state index >= 15 is 0 Å². The van der Waals surface area contributed by atoms with Crippen LogP contribution in [0.5, 0.6) is 0 Å². The summed E-state index contributed by atoms with van der Waals surface area (Å²) in [6.45, 7) is -0.339. The van der Waals surface area contributed by atoms with Crippen LogP contribution in [0.2, 0.25) is 0 Å². The molecule has 0 aromatic heterocycles. The lowest BCUT2D eigenvalue weighted by atomic mass is 10.0. The van der Waals surface area contributed by atoms with Gasteiger partial charge in [0.25, 0.3) is 6.43 Å². The fraction of sp³-hybridized carbons (Fsp3) is 1.00. The number of alkyl halides is 8. The van der Waals surface area contributed by atoms with Gasteiger partial charge in [0.05, 0.1) is 0 Å². The van der Waals surface area contributed by atoms with E-state index in [1.54, 1.807) is 0 Å². The van der Waals surface area contributed by atoms with Crippen molar-refractivity contribution in [2.75, 3.05) is 0 Å². The Labute approximate surface area is 73.7 Å². The molecule has 0 fully saturated rings. The highest BCUT2D eigenvalue weighted by atomic mass is 35.5. The van der Waals surface area contributed by atoms with E-state index < -0.39 is 23.4 Å². The summed E-state index contributed by atoms with van der Waals surface area (Å²) >= 11 is 3.80. The third-order valence-electron chi connectivity index (χ3n) is 1.38. The van der Waals surface area contributed by atoms with Gasteiger partial charge < -0.3 is 0 Å². The van der Waals surface area contributed by atoms with Gasteiger partial charge in [-0.2, -0.15) is 17.6 Å². The van der Waals surface area contributed by atoms with E-state index in [9.17, 15) is 30.7 Å². The molecule has 0 bridgehead atoms. The highest BCUT2D eigenvalue weighted by Gasteiger charge is 2.71. The Balaban J connectivity index is 5.04. The van der Waals surface area contributed by atoms with Crippen molar-refractivity contribution in [3.63, 3.8) is 0 Å². The second-order valence-corrected chi connectivity index (χ2v) is 2.92. The van der Waals surface area contributed by atoms with Crippen molar-refractivity contribution >= 4 is 11.6 Å². The van der Waals surface area contributed by atoms with Crippen LogP contribution in [0.25, 0.3) is 0 Å². The first kappa shape index (κ1) is 12.8. The highest BCUT2D eigenvalue weighted by molar-refractivity contribution is 6.22. The predicted octanol–water partition coefficient (Wildman–Crippen LogP) is 3.45. The van der Waals surface area contributed by atoms with Crippen molar-refractivity contribution in [1.29, 1.82) is 0 Å². The van der Waals surface area contributed by atoms with Crippen molar-refractivity contribution < 1.29 is 30.7 Å². The minimum absolute atomic E-state index is 0.339. The summed E-state index contributed by atoms with van der Waals surface area (Å²) in [5, 5.41) is -5.35. The molecule has 0 spiro atoms. The number of rotatable bonds is 3. The molecule has 80 valence electrons. The number of hydrogen-bond donors (Lipinski definition) is 0. The lowest BCUT2D eigenvalue weighted by Crippen LogP contribution is -2.56. The largest absolute Gasteiger partial charge is 0.387 e. The third kappa shape index (κ3) is 2.00. The zero-order valence-electron chi connectivity index (χ0n) is 6.10. The molecule has 13 heavy (non-hydrogen) atoms. The van der Waals surface area contributed by atoms with Gasteiger partial charge in [-0.05, 0) is 18.5 Å². The van der Waals surface area contributed by atoms with E-state index in [-0.39, 0.29) is 6.92 Å². The summed E-state index contributed by atoms with van der Waals surface area (Å²) < 4.78 is 83.6. The Hall–Kier alpha value is -0.200. The predicted molar refractivity (Wildman–Crippen MR) is 31.3 cm³/mol. The van der Waals surface area contributed by atoms with Gasteiger partial charge >= 0.3 is 11.3 Å². The first-order valence-corrected chi connectivity index (χ1v) is 3.24. The first-order chi connectivity index (χ1) is 5.44. The van der Waals surface area contributed by atoms with Crippen LogP contribution in [-0.4, -0.2) is 23.4 Å². The van der Waals surface area contributed by atoms with Crippen LogP contribution in [0.1, 0.15) is 6.92 Å². The molecule has 0 rings (SSSR count). The van der Waals surface area contributed by atoms with E-state index in [0.717, 1.165) is 0 Å². The summed E-state index contributed by atoms with van der Waals surface area (Å²) in [5.41, 5.74) is -4.67. The topological polar surface area (TPSA) is 0 Å². The lowest BCUT2D eigenvalue weighted by molar-refractivity contribution is -0.260. The molecule has 0 radical (unpaired) electrons. The Morgan fingerprint density at radius 3 is 1.38 bits per heavy atom. The van der Waals surface area contributed by atoms with E-state index in [0.29, 0.717) is 0 Å². The zero-order chi connectivity index (χ0) is 11.1. The van der Waals surface area contributed by atoms with Gasteiger partial charge in [-0.15, -0.1) is 0 Å². The quantitative estimate of drug-likeness (QED) is 0.516. The van der Waals surface area contributed by atoms with Crippen molar-refractivity contribution in [2.24, 2.45) is 0 Å². The van der Waals surface area contributed by atoms with Gasteiger partial charge in [0.2, 0.25) is 5.67 Å². The summed E-state index contributed by atoms with van der Waals surface area (Å²) in [7, 11) is 0. The molecule has 0 aromatic carbocycles. The van der Waals surface area contributed by atoms with Gasteiger partial charge in [-0.1, -0.05) is 0 Å². The van der Waals surface area contributed by atoms with E-state index in [1.807, 2.05) is 0 Å². The molecule has 0 heterocycles. The fourth-order valence-electron chi connectivity index (χ4n) is 0.414. The zero-order valence-corrected chi connectivity index (χ0v) is 6.86. The Bertz CT molecular complexity index is 182. The standard InChI is InChI=1S/C5H4ClF7/c1-3(9,2(7)8)4(10,11)5(6,12)13/h2H,1H3. The third-order valence-corrected chi connectivity index (χ3v) is 1.62. The SMILES string of the molecule is CC(F)(C(F)F)C(F)(F)C(F)(F)Cl. The summed E-state index contributed by atoms with van der Waals surface area (Å²) in [6, 6.07) is 0. The maximum atomic E-state index is 12.4. The summed E-state index contributed by atoms with van der Waals surface area (Å²) in [6.07, 6.45) is -4.26. The Morgan fingerprint density at radius 1 is 1.00 bits per heavy atom. The van der Waals surface area contributed by atoms with Crippen LogP contribution in [0, 0.1) is 0 Å². The summed E-state index contributed by atoms with van der Waals surface area (Å²) in [4.78, 5) is 0. The maximum Gasteiger partial charge on any atom is 0.387 e. The fourth-order valence-corrected chi connectivity index (χ4v) is 0.599. The van der Waals surface area contributed by atoms with E-state index in [1.165, 1.54) is 0 Å². The average molecular weight is 233 g/mol. The van der Waals surface area contributed by atoms with Crippen LogP contribution in [0.4, 0.5) is 30.7 Å². The van der Waals surface area contributed by atoms with Gasteiger partial charge in [-0.3, -0.25) is 0 Å². The normalized spacial score (nSPS) is 18.9. The average Bonchev–Trinajstić information content (AvgIpc) is 1.84. The van der Waals surface area contributed by atoms with Crippen LogP contribution >= 0.6 is 11.6 Å². The number of halogens is 8. The van der Waals surface area contributed by atoms with Crippen LogP contribution in [0.3, 0.4) is 0 Å². The van der Waals surface area contributed by atoms with Gasteiger partial charge in [0.15, 0.2) is 0 Å². The molecule has 0 aliphatic carbocycles. The molecule has 0 aromatic rings. The molecule has 0 amide bonds. The van der Waals surface area contributed by atoms with Crippen molar-refractivity contribution in [3.8, 4) is 0 Å². The molecular weight excluding hydrogens is 228 g/mol. The molecule has 0 aliphatic heterocycles. The number of hydrogen-bond acceptors (Lipinski definition) is 0. The van der Waals surface area contributed by atoms with E-state index in [4.69, 9.17) is 0 Å². The highest BCUT2D eigenvalue weighted by Crippen LogP contribution is 2.49. The molecule has 0 saturated carbocycles. The molecule has 1 atom stereocenters. The van der Waals surface area contributed by atoms with Gasteiger partial charge in [0.1, 0.15) is 0 Å². The van der Waals surface area contributed by atoms with Gasteiger partial charge in [-0.25, -0.2) is 13.2 Å². The Morgan fingerprint density at radius 2 is 1.31 bits per heavy atom. The van der Waals surface area contributed by atoms with Crippen LogP contribution in [-0.2, 0) is 0 Å². The molecule has 0 nitrogen and oxygen atoms in total. The lowest BCUT2D eigenvalue weighted by Gasteiger charge is -2.31. The first-order valence-electron chi connectivity index (χ1n) is 2.86. The molecular formula is C5H4ClF7. The second kappa shape index (κ2) is 3.18. The molecule has 0 aliphatic rings. The van der Waals surface area contributed by atoms with Crippen molar-refractivity contribution in [3.05, 3.63) is 0 Å². The molecule has 8 heteroatoms. The monoisotopic (exact) mass is 232 g/mol. The van der Waals surface area contributed by atoms with Crippen LogP contribution < -0.4 is 0 Å². The molecule has 1 unspecified atom stereocenters.